The van der Waals surface area contributed by atoms with Crippen molar-refractivity contribution < 1.29 is 4.74 Å². The summed E-state index contributed by atoms with van der Waals surface area (Å²) in [5, 5.41) is 1.14. The molecule has 0 saturated heterocycles. The third-order valence-electron chi connectivity index (χ3n) is 2.85. The molecule has 15 heavy (non-hydrogen) atoms. The highest BCUT2D eigenvalue weighted by atomic mass is 31.0. The first-order valence-electron chi connectivity index (χ1n) is 5.46. The molecule has 84 valence electrons. The molecule has 0 aliphatic carbocycles. The molecule has 1 atom stereocenters. The van der Waals surface area contributed by atoms with E-state index in [4.69, 9.17) is 4.74 Å². The molecule has 0 heterocycles. The highest BCUT2D eigenvalue weighted by Gasteiger charge is 2.23. The van der Waals surface area contributed by atoms with Crippen LogP contribution in [0.1, 0.15) is 39.2 Å². The second kappa shape index (κ2) is 4.99. The van der Waals surface area contributed by atoms with Crippen LogP contribution in [-0.2, 0) is 5.41 Å². The van der Waals surface area contributed by atoms with Crippen LogP contribution in [0.3, 0.4) is 0 Å². The van der Waals surface area contributed by atoms with Gasteiger partial charge in [0.25, 0.3) is 0 Å². The fourth-order valence-corrected chi connectivity index (χ4v) is 2.46. The van der Waals surface area contributed by atoms with Gasteiger partial charge in [-0.2, -0.15) is 0 Å². The van der Waals surface area contributed by atoms with Crippen molar-refractivity contribution in [2.24, 2.45) is 0 Å². The van der Waals surface area contributed by atoms with Gasteiger partial charge in [0.15, 0.2) is 0 Å². The van der Waals surface area contributed by atoms with E-state index in [0.29, 0.717) is 0 Å². The molecule has 2 heteroatoms. The Kier molecular flexibility index (Phi) is 4.16. The zero-order chi connectivity index (χ0) is 11.5. The van der Waals surface area contributed by atoms with Gasteiger partial charge in [-0.15, -0.1) is 9.24 Å². The molecule has 1 nitrogen and oxygen atoms in total. The van der Waals surface area contributed by atoms with Crippen LogP contribution in [0.5, 0.6) is 5.75 Å². The molecule has 1 aromatic rings. The monoisotopic (exact) mass is 224 g/mol. The van der Waals surface area contributed by atoms with Gasteiger partial charge in [-0.05, 0) is 11.8 Å². The molecule has 0 fully saturated rings. The molecule has 0 radical (unpaired) electrons. The molecule has 0 aromatic heterocycles. The predicted octanol–water partition coefficient (Wildman–Crippen LogP) is 3.27. The number of benzene rings is 1. The highest BCUT2D eigenvalue weighted by Crippen LogP contribution is 2.34. The normalized spacial score (nSPS) is 11.5. The Morgan fingerprint density at radius 3 is 2.53 bits per heavy atom. The minimum atomic E-state index is 0.187. The fourth-order valence-electron chi connectivity index (χ4n) is 2.08. The van der Waals surface area contributed by atoms with E-state index in [9.17, 15) is 0 Å². The largest absolute Gasteiger partial charge is 0.496 e. The van der Waals surface area contributed by atoms with E-state index in [0.717, 1.165) is 11.1 Å². The van der Waals surface area contributed by atoms with Gasteiger partial charge in [0.1, 0.15) is 5.75 Å². The third-order valence-corrected chi connectivity index (χ3v) is 3.31. The second-order valence-electron chi connectivity index (χ2n) is 4.56. The Morgan fingerprint density at radius 2 is 2.00 bits per heavy atom. The number of para-hydroxylation sites is 1. The minimum absolute atomic E-state index is 0.187. The van der Waals surface area contributed by atoms with Gasteiger partial charge < -0.3 is 4.74 Å². The Balaban J connectivity index is 3.18. The lowest BCUT2D eigenvalue weighted by atomic mass is 9.80. The molecule has 0 bridgehead atoms. The van der Waals surface area contributed by atoms with Gasteiger partial charge in [0, 0.05) is 10.9 Å². The topological polar surface area (TPSA) is 9.23 Å². The summed E-state index contributed by atoms with van der Waals surface area (Å²) in [6.07, 6.45) is 2.37. The van der Waals surface area contributed by atoms with Crippen LogP contribution in [0.25, 0.3) is 0 Å². The number of hydrogen-bond acceptors (Lipinski definition) is 1. The Labute approximate surface area is 95.4 Å². The van der Waals surface area contributed by atoms with Gasteiger partial charge >= 0.3 is 0 Å². The average molecular weight is 224 g/mol. The maximum atomic E-state index is 5.49. The van der Waals surface area contributed by atoms with Crippen molar-refractivity contribution in [1.29, 1.82) is 0 Å². The molecule has 1 unspecified atom stereocenters. The maximum absolute atomic E-state index is 5.49. The second-order valence-corrected chi connectivity index (χ2v) is 5.18. The van der Waals surface area contributed by atoms with Crippen molar-refractivity contribution >= 4 is 14.5 Å². The third kappa shape index (κ3) is 2.72. The lowest BCUT2D eigenvalue weighted by Crippen LogP contribution is -2.20. The van der Waals surface area contributed by atoms with Crippen molar-refractivity contribution in [2.75, 3.05) is 7.11 Å². The summed E-state index contributed by atoms with van der Waals surface area (Å²) < 4.78 is 5.49. The lowest BCUT2D eigenvalue weighted by Gasteiger charge is -2.27. The van der Waals surface area contributed by atoms with E-state index in [2.05, 4.69) is 48.2 Å². The summed E-state index contributed by atoms with van der Waals surface area (Å²) >= 11 is 0. The first-order chi connectivity index (χ1) is 7.03. The van der Waals surface area contributed by atoms with Gasteiger partial charge in [-0.25, -0.2) is 0 Å². The van der Waals surface area contributed by atoms with E-state index >= 15 is 0 Å². The Morgan fingerprint density at radius 1 is 1.33 bits per heavy atom. The first-order valence-corrected chi connectivity index (χ1v) is 6.03. The lowest BCUT2D eigenvalue weighted by molar-refractivity contribution is 0.387. The van der Waals surface area contributed by atoms with Crippen LogP contribution < -0.4 is 10.0 Å². The molecule has 0 aliphatic rings. The van der Waals surface area contributed by atoms with Gasteiger partial charge in [-0.1, -0.05) is 45.4 Å². The van der Waals surface area contributed by atoms with E-state index in [1.807, 2.05) is 0 Å². The summed E-state index contributed by atoms with van der Waals surface area (Å²) in [5.41, 5.74) is 1.49. The van der Waals surface area contributed by atoms with Crippen molar-refractivity contribution in [2.45, 2.75) is 39.0 Å². The van der Waals surface area contributed by atoms with Gasteiger partial charge in [0.05, 0.1) is 7.11 Å². The Hall–Kier alpha value is -0.550. The van der Waals surface area contributed by atoms with Crippen LogP contribution in [-0.4, -0.2) is 7.11 Å². The molecular formula is C13H21OP. The predicted molar refractivity (Wildman–Crippen MR) is 70.3 cm³/mol. The molecular weight excluding hydrogens is 203 g/mol. The fraction of sp³-hybridized carbons (Fsp3) is 0.538. The molecule has 0 saturated carbocycles. The standard InChI is InChI=1S/C13H21OP/c1-5-9-13(2,3)10-7-6-8-11(15)12(10)14-4/h6-8H,5,9,15H2,1-4H3. The first kappa shape index (κ1) is 12.5. The number of hydrogen-bond donors (Lipinski definition) is 0. The van der Waals surface area contributed by atoms with Crippen LogP contribution in [0.4, 0.5) is 0 Å². The van der Waals surface area contributed by atoms with Crippen molar-refractivity contribution in [3.63, 3.8) is 0 Å². The quantitative estimate of drug-likeness (QED) is 0.713. The maximum Gasteiger partial charge on any atom is 0.129 e. The van der Waals surface area contributed by atoms with Gasteiger partial charge in [-0.3, -0.25) is 0 Å². The summed E-state index contributed by atoms with van der Waals surface area (Å²) in [6, 6.07) is 6.33. The van der Waals surface area contributed by atoms with E-state index in [1.54, 1.807) is 7.11 Å². The number of rotatable bonds is 4. The van der Waals surface area contributed by atoms with Crippen molar-refractivity contribution in [1.82, 2.24) is 0 Å². The van der Waals surface area contributed by atoms with Crippen molar-refractivity contribution in [3.05, 3.63) is 23.8 Å². The molecule has 0 N–H and O–H groups in total. The Bertz CT molecular complexity index is 331. The summed E-state index contributed by atoms with van der Waals surface area (Å²) in [7, 11) is 4.48. The summed E-state index contributed by atoms with van der Waals surface area (Å²) in [4.78, 5) is 0. The van der Waals surface area contributed by atoms with E-state index in [-0.39, 0.29) is 5.41 Å². The highest BCUT2D eigenvalue weighted by molar-refractivity contribution is 7.27. The SMILES string of the molecule is CCCC(C)(C)c1cccc(P)c1OC. The molecule has 0 spiro atoms. The van der Waals surface area contributed by atoms with E-state index in [1.165, 1.54) is 18.4 Å². The molecule has 1 aromatic carbocycles. The summed E-state index contributed by atoms with van der Waals surface area (Å²) in [5.74, 6) is 1.01. The van der Waals surface area contributed by atoms with Crippen LogP contribution in [0, 0.1) is 0 Å². The van der Waals surface area contributed by atoms with E-state index < -0.39 is 0 Å². The zero-order valence-corrected chi connectivity index (χ0v) is 11.3. The number of ether oxygens (including phenoxy) is 1. The zero-order valence-electron chi connectivity index (χ0n) is 10.1. The average Bonchev–Trinajstić information content (AvgIpc) is 2.17. The van der Waals surface area contributed by atoms with Crippen LogP contribution in [0.2, 0.25) is 0 Å². The van der Waals surface area contributed by atoms with Crippen LogP contribution in [0.15, 0.2) is 18.2 Å². The van der Waals surface area contributed by atoms with Crippen LogP contribution >= 0.6 is 9.24 Å². The van der Waals surface area contributed by atoms with Crippen molar-refractivity contribution in [3.8, 4) is 5.75 Å². The molecule has 1 rings (SSSR count). The minimum Gasteiger partial charge on any atom is -0.496 e. The molecule has 0 aliphatic heterocycles. The number of methoxy groups -OCH3 is 1. The molecule has 0 amide bonds. The van der Waals surface area contributed by atoms with Gasteiger partial charge in [0.2, 0.25) is 0 Å². The summed E-state index contributed by atoms with van der Waals surface area (Å²) in [6.45, 7) is 6.77. The smallest absolute Gasteiger partial charge is 0.129 e.